The second-order valence-electron chi connectivity index (χ2n) is 12.1. The molecule has 0 heterocycles. The SMILES string of the molecule is CCN(CC)Cc1ccc(OCC[C@H]2CCC3C4C(CC[C@@]32C)c2ccc(O)cc2C[C@H]4C)c(O)c1. The van der Waals surface area contributed by atoms with E-state index in [4.69, 9.17) is 4.74 Å². The molecule has 36 heavy (non-hydrogen) atoms. The summed E-state index contributed by atoms with van der Waals surface area (Å²) in [6.45, 7) is 12.9. The van der Waals surface area contributed by atoms with Gasteiger partial charge in [-0.3, -0.25) is 4.90 Å². The Morgan fingerprint density at radius 2 is 1.83 bits per heavy atom. The van der Waals surface area contributed by atoms with Gasteiger partial charge in [0.05, 0.1) is 6.61 Å². The molecule has 0 radical (unpaired) electrons. The van der Waals surface area contributed by atoms with Crippen LogP contribution in [0.25, 0.3) is 0 Å². The molecule has 4 nitrogen and oxygen atoms in total. The predicted octanol–water partition coefficient (Wildman–Crippen LogP) is 7.13. The first-order valence-corrected chi connectivity index (χ1v) is 14.3. The number of benzene rings is 2. The number of hydrogen-bond donors (Lipinski definition) is 2. The van der Waals surface area contributed by atoms with Gasteiger partial charge in [0, 0.05) is 6.54 Å². The lowest BCUT2D eigenvalue weighted by Gasteiger charge is -2.53. The van der Waals surface area contributed by atoms with E-state index in [-0.39, 0.29) is 5.75 Å². The maximum Gasteiger partial charge on any atom is 0.160 e. The van der Waals surface area contributed by atoms with E-state index in [2.05, 4.69) is 44.7 Å². The normalized spacial score (nSPS) is 31.1. The van der Waals surface area contributed by atoms with Crippen LogP contribution in [0.4, 0.5) is 0 Å². The zero-order chi connectivity index (χ0) is 25.4. The predicted molar refractivity (Wildman–Crippen MR) is 146 cm³/mol. The average Bonchev–Trinajstić information content (AvgIpc) is 3.19. The number of fused-ring (bicyclic) bond motifs is 5. The van der Waals surface area contributed by atoms with E-state index in [0.29, 0.717) is 41.3 Å². The molecule has 2 aromatic carbocycles. The summed E-state index contributed by atoms with van der Waals surface area (Å²) in [6.07, 6.45) is 7.30. The summed E-state index contributed by atoms with van der Waals surface area (Å²) in [5, 5.41) is 20.6. The average molecular weight is 492 g/mol. The van der Waals surface area contributed by atoms with Gasteiger partial charge in [0.1, 0.15) is 5.75 Å². The zero-order valence-corrected chi connectivity index (χ0v) is 22.7. The van der Waals surface area contributed by atoms with Crippen LogP contribution < -0.4 is 4.74 Å². The van der Waals surface area contributed by atoms with Crippen LogP contribution in [-0.2, 0) is 13.0 Å². The Balaban J connectivity index is 1.22. The highest BCUT2D eigenvalue weighted by Gasteiger charge is 2.55. The van der Waals surface area contributed by atoms with E-state index in [1.54, 1.807) is 0 Å². The quantitative estimate of drug-likeness (QED) is 0.412. The molecule has 3 aliphatic rings. The molecule has 4 heteroatoms. The smallest absolute Gasteiger partial charge is 0.160 e. The highest BCUT2D eigenvalue weighted by molar-refractivity contribution is 5.42. The Morgan fingerprint density at radius 3 is 2.58 bits per heavy atom. The number of phenols is 2. The van der Waals surface area contributed by atoms with E-state index < -0.39 is 0 Å². The Labute approximate surface area is 217 Å². The van der Waals surface area contributed by atoms with Gasteiger partial charge in [-0.25, -0.2) is 0 Å². The van der Waals surface area contributed by atoms with E-state index in [1.165, 1.54) is 36.8 Å². The highest BCUT2D eigenvalue weighted by atomic mass is 16.5. The number of aromatic hydroxyl groups is 2. The number of nitrogens with zero attached hydrogens (tertiary/aromatic N) is 1. The van der Waals surface area contributed by atoms with Crippen molar-refractivity contribution in [2.24, 2.45) is 29.1 Å². The van der Waals surface area contributed by atoms with Gasteiger partial charge in [-0.2, -0.15) is 0 Å². The lowest BCUT2D eigenvalue weighted by molar-refractivity contribution is 0.000862. The summed E-state index contributed by atoms with van der Waals surface area (Å²) in [4.78, 5) is 2.34. The van der Waals surface area contributed by atoms with Crippen molar-refractivity contribution >= 4 is 0 Å². The molecule has 5 rings (SSSR count). The number of rotatable bonds is 8. The largest absolute Gasteiger partial charge is 0.508 e. The minimum atomic E-state index is 0.261. The lowest BCUT2D eigenvalue weighted by atomic mass is 9.51. The fraction of sp³-hybridized carbons (Fsp3) is 0.625. The van der Waals surface area contributed by atoms with Crippen molar-refractivity contribution in [1.29, 1.82) is 0 Å². The number of phenolic OH excluding ortho intramolecular Hbond substituents is 2. The van der Waals surface area contributed by atoms with Gasteiger partial charge in [0.15, 0.2) is 11.5 Å². The molecule has 6 atom stereocenters. The van der Waals surface area contributed by atoms with Crippen molar-refractivity contribution in [2.75, 3.05) is 19.7 Å². The van der Waals surface area contributed by atoms with Crippen LogP contribution in [0, 0.1) is 29.1 Å². The monoisotopic (exact) mass is 491 g/mol. The zero-order valence-electron chi connectivity index (χ0n) is 22.7. The topological polar surface area (TPSA) is 52.9 Å². The second-order valence-corrected chi connectivity index (χ2v) is 12.1. The molecule has 0 saturated heterocycles. The molecule has 196 valence electrons. The molecule has 0 bridgehead atoms. The van der Waals surface area contributed by atoms with Crippen LogP contribution in [0.15, 0.2) is 36.4 Å². The molecule has 2 fully saturated rings. The molecule has 2 saturated carbocycles. The third-order valence-corrected chi connectivity index (χ3v) is 10.3. The summed E-state index contributed by atoms with van der Waals surface area (Å²) in [5.74, 6) is 4.78. The van der Waals surface area contributed by atoms with Gasteiger partial charge in [0.25, 0.3) is 0 Å². The first-order valence-electron chi connectivity index (χ1n) is 14.3. The first kappa shape index (κ1) is 25.4. The Bertz CT molecular complexity index is 1060. The summed E-state index contributed by atoms with van der Waals surface area (Å²) >= 11 is 0. The van der Waals surface area contributed by atoms with Crippen LogP contribution >= 0.6 is 0 Å². The first-order chi connectivity index (χ1) is 17.3. The molecule has 3 unspecified atom stereocenters. The lowest BCUT2D eigenvalue weighted by Crippen LogP contribution is -2.45. The fourth-order valence-electron chi connectivity index (χ4n) is 8.35. The van der Waals surface area contributed by atoms with Crippen molar-refractivity contribution in [3.63, 3.8) is 0 Å². The van der Waals surface area contributed by atoms with E-state index in [1.807, 2.05) is 24.3 Å². The number of ether oxygens (including phenoxy) is 1. The van der Waals surface area contributed by atoms with Crippen molar-refractivity contribution in [2.45, 2.75) is 78.7 Å². The van der Waals surface area contributed by atoms with Crippen LogP contribution in [-0.4, -0.2) is 34.8 Å². The Hall–Kier alpha value is -2.20. The summed E-state index contributed by atoms with van der Waals surface area (Å²) in [7, 11) is 0. The molecule has 0 spiro atoms. The van der Waals surface area contributed by atoms with Gasteiger partial charge in [-0.15, -0.1) is 0 Å². The minimum absolute atomic E-state index is 0.261. The van der Waals surface area contributed by atoms with Crippen molar-refractivity contribution in [3.05, 3.63) is 53.1 Å². The van der Waals surface area contributed by atoms with Gasteiger partial charge >= 0.3 is 0 Å². The molecule has 2 aromatic rings. The second kappa shape index (κ2) is 10.3. The maximum atomic E-state index is 10.6. The summed E-state index contributed by atoms with van der Waals surface area (Å²) in [5.41, 5.74) is 4.38. The Morgan fingerprint density at radius 1 is 1.03 bits per heavy atom. The summed E-state index contributed by atoms with van der Waals surface area (Å²) < 4.78 is 6.13. The Kier molecular flexibility index (Phi) is 7.27. The third-order valence-electron chi connectivity index (χ3n) is 10.3. The van der Waals surface area contributed by atoms with Gasteiger partial charge in [0.2, 0.25) is 0 Å². The number of hydrogen-bond acceptors (Lipinski definition) is 4. The van der Waals surface area contributed by atoms with Crippen molar-refractivity contribution in [1.82, 2.24) is 4.90 Å². The molecular formula is C32H45NO3. The van der Waals surface area contributed by atoms with Crippen molar-refractivity contribution < 1.29 is 14.9 Å². The van der Waals surface area contributed by atoms with Gasteiger partial charge in [-0.1, -0.05) is 39.8 Å². The molecule has 0 aromatic heterocycles. The van der Waals surface area contributed by atoms with Gasteiger partial charge in [-0.05, 0) is 128 Å². The molecule has 0 amide bonds. The third kappa shape index (κ3) is 4.62. The molecule has 2 N–H and O–H groups in total. The molecule has 0 aliphatic heterocycles. The van der Waals surface area contributed by atoms with E-state index in [9.17, 15) is 10.2 Å². The molecule has 3 aliphatic carbocycles. The standard InChI is InChI=1S/C32H45NO3/c1-5-33(6-2)20-22-7-12-30(29(35)18-22)36-16-14-24-8-11-28-31-21(3)17-23-19-25(34)9-10-26(23)27(31)13-15-32(24,28)4/h7,9-10,12,18-19,21,24,27-28,31,34-35H,5-6,8,11,13-17,20H2,1-4H3/t21-,24-,27?,28?,31?,32-/m1/s1. The molecular weight excluding hydrogens is 446 g/mol. The van der Waals surface area contributed by atoms with Crippen molar-refractivity contribution in [3.8, 4) is 17.2 Å². The summed E-state index contributed by atoms with van der Waals surface area (Å²) in [6, 6.07) is 12.0. The van der Waals surface area contributed by atoms with Crippen LogP contribution in [0.3, 0.4) is 0 Å². The van der Waals surface area contributed by atoms with E-state index >= 15 is 0 Å². The van der Waals surface area contributed by atoms with Crippen LogP contribution in [0.5, 0.6) is 17.2 Å². The van der Waals surface area contributed by atoms with Crippen LogP contribution in [0.2, 0.25) is 0 Å². The highest BCUT2D eigenvalue weighted by Crippen LogP contribution is 2.64. The minimum Gasteiger partial charge on any atom is -0.508 e. The van der Waals surface area contributed by atoms with Gasteiger partial charge < -0.3 is 14.9 Å². The van der Waals surface area contributed by atoms with Crippen LogP contribution in [0.1, 0.15) is 82.4 Å². The van der Waals surface area contributed by atoms with E-state index in [0.717, 1.165) is 49.9 Å². The maximum absolute atomic E-state index is 10.6. The fourth-order valence-corrected chi connectivity index (χ4v) is 8.35.